The Morgan fingerprint density at radius 2 is 2.46 bits per heavy atom. The van der Waals surface area contributed by atoms with E-state index in [1.807, 2.05) is 12.4 Å². The van der Waals surface area contributed by atoms with Crippen molar-refractivity contribution in [2.24, 2.45) is 5.73 Å². The van der Waals surface area contributed by atoms with E-state index in [1.165, 1.54) is 18.4 Å². The fourth-order valence-corrected chi connectivity index (χ4v) is 1.41. The molecule has 1 saturated carbocycles. The molecule has 0 spiro atoms. The number of rotatable bonds is 4. The van der Waals surface area contributed by atoms with Crippen LogP contribution in [0.2, 0.25) is 0 Å². The third kappa shape index (κ3) is 1.98. The van der Waals surface area contributed by atoms with Gasteiger partial charge in [0.1, 0.15) is 0 Å². The molecule has 2 rings (SSSR count). The van der Waals surface area contributed by atoms with Crippen molar-refractivity contribution in [3.05, 3.63) is 24.5 Å². The van der Waals surface area contributed by atoms with Gasteiger partial charge in [0.2, 0.25) is 0 Å². The molecule has 0 bridgehead atoms. The first-order valence-corrected chi connectivity index (χ1v) is 4.66. The van der Waals surface area contributed by atoms with Gasteiger partial charge in [0.05, 0.1) is 6.20 Å². The number of nitrogens with zero attached hydrogens (tertiary/aromatic N) is 2. The lowest BCUT2D eigenvalue weighted by atomic mass is 10.1. The summed E-state index contributed by atoms with van der Waals surface area (Å²) in [6.07, 6.45) is 10.1. The zero-order chi connectivity index (χ0) is 9.31. The summed E-state index contributed by atoms with van der Waals surface area (Å²) in [5, 5.41) is 4.11. The van der Waals surface area contributed by atoms with Crippen molar-refractivity contribution >= 4 is 6.20 Å². The lowest BCUT2D eigenvalue weighted by Gasteiger charge is -2.05. The van der Waals surface area contributed by atoms with Gasteiger partial charge in [0.15, 0.2) is 0 Å². The molecule has 1 heterocycles. The molecular formula is C10H15N3. The summed E-state index contributed by atoms with van der Waals surface area (Å²) < 4.78 is 1.73. The number of hydrogen-bond acceptors (Lipinski definition) is 2. The van der Waals surface area contributed by atoms with Crippen molar-refractivity contribution in [3.8, 4) is 0 Å². The molecule has 1 fully saturated rings. The van der Waals surface area contributed by atoms with Crippen LogP contribution >= 0.6 is 0 Å². The number of hydrogen-bond donors (Lipinski definition) is 1. The average Bonchev–Trinajstić information content (AvgIpc) is 2.69. The largest absolute Gasteiger partial charge is 0.325 e. The Morgan fingerprint density at radius 3 is 3.00 bits per heavy atom. The average molecular weight is 177 g/mol. The molecule has 1 aromatic rings. The number of nitrogens with two attached hydrogens (primary N) is 1. The molecule has 13 heavy (non-hydrogen) atoms. The quantitative estimate of drug-likeness (QED) is 0.755. The molecule has 70 valence electrons. The van der Waals surface area contributed by atoms with E-state index in [-0.39, 0.29) is 5.54 Å². The lowest BCUT2D eigenvalue weighted by molar-refractivity contribution is 0.609. The topological polar surface area (TPSA) is 43.8 Å². The Balaban J connectivity index is 1.90. The van der Waals surface area contributed by atoms with Crippen LogP contribution in [0.25, 0.3) is 6.20 Å². The fraction of sp³-hybridized carbons (Fsp3) is 0.500. The van der Waals surface area contributed by atoms with E-state index in [4.69, 9.17) is 5.73 Å². The smallest absolute Gasteiger partial charge is 0.0525 e. The van der Waals surface area contributed by atoms with Gasteiger partial charge in [0.25, 0.3) is 0 Å². The molecule has 2 N–H and O–H groups in total. The van der Waals surface area contributed by atoms with Gasteiger partial charge in [-0.05, 0) is 31.2 Å². The highest BCUT2D eigenvalue weighted by atomic mass is 15.2. The third-order valence-corrected chi connectivity index (χ3v) is 2.65. The van der Waals surface area contributed by atoms with E-state index < -0.39 is 0 Å². The van der Waals surface area contributed by atoms with Crippen LogP contribution in [-0.2, 0) is 6.42 Å². The lowest BCUT2D eigenvalue weighted by Crippen LogP contribution is -2.21. The highest BCUT2D eigenvalue weighted by Gasteiger charge is 2.37. The minimum atomic E-state index is 0.149. The zero-order valence-electron chi connectivity index (χ0n) is 7.74. The van der Waals surface area contributed by atoms with E-state index in [0.717, 1.165) is 12.8 Å². The Bertz CT molecular complexity index is 310. The second-order valence-corrected chi connectivity index (χ2v) is 3.87. The van der Waals surface area contributed by atoms with E-state index in [1.54, 1.807) is 10.9 Å². The molecule has 0 aliphatic heterocycles. The summed E-state index contributed by atoms with van der Waals surface area (Å²) in [5.74, 6) is 0. The molecule has 0 atom stereocenters. The maximum atomic E-state index is 5.99. The molecule has 0 amide bonds. The minimum absolute atomic E-state index is 0.149. The molecule has 0 unspecified atom stereocenters. The molecule has 0 radical (unpaired) electrons. The van der Waals surface area contributed by atoms with E-state index in [2.05, 4.69) is 11.7 Å². The van der Waals surface area contributed by atoms with Crippen LogP contribution in [0.15, 0.2) is 19.0 Å². The molecule has 3 nitrogen and oxygen atoms in total. The van der Waals surface area contributed by atoms with Gasteiger partial charge in [-0.15, -0.1) is 0 Å². The van der Waals surface area contributed by atoms with Gasteiger partial charge >= 0.3 is 0 Å². The second kappa shape index (κ2) is 3.00. The Kier molecular flexibility index (Phi) is 1.96. The molecule has 0 saturated heterocycles. The SMILES string of the molecule is C=Cn1cc(CCC2(N)CC2)cn1. The van der Waals surface area contributed by atoms with Gasteiger partial charge < -0.3 is 5.73 Å². The first-order valence-electron chi connectivity index (χ1n) is 4.66. The van der Waals surface area contributed by atoms with Crippen molar-refractivity contribution < 1.29 is 0 Å². The first kappa shape index (κ1) is 8.51. The third-order valence-electron chi connectivity index (χ3n) is 2.65. The standard InChI is InChI=1S/C10H15N3/c1-2-13-8-9(7-12-13)3-4-10(11)5-6-10/h2,7-8H,1,3-6,11H2. The van der Waals surface area contributed by atoms with Crippen LogP contribution < -0.4 is 5.73 Å². The monoisotopic (exact) mass is 177 g/mol. The summed E-state index contributed by atoms with van der Waals surface area (Å²) in [7, 11) is 0. The van der Waals surface area contributed by atoms with E-state index in [9.17, 15) is 0 Å². The molecular weight excluding hydrogens is 162 g/mol. The van der Waals surface area contributed by atoms with Crippen molar-refractivity contribution in [1.29, 1.82) is 0 Å². The molecule has 1 aliphatic rings. The van der Waals surface area contributed by atoms with Crippen LogP contribution in [0.5, 0.6) is 0 Å². The second-order valence-electron chi connectivity index (χ2n) is 3.87. The van der Waals surface area contributed by atoms with Gasteiger partial charge in [-0.1, -0.05) is 6.58 Å². The molecule has 1 aromatic heterocycles. The van der Waals surface area contributed by atoms with Gasteiger partial charge in [0, 0.05) is 17.9 Å². The van der Waals surface area contributed by atoms with Gasteiger partial charge in [-0.3, -0.25) is 0 Å². The predicted octanol–water partition coefficient (Wildman–Crippen LogP) is 1.41. The van der Waals surface area contributed by atoms with Crippen LogP contribution in [-0.4, -0.2) is 15.3 Å². The maximum absolute atomic E-state index is 5.99. The van der Waals surface area contributed by atoms with Crippen molar-refractivity contribution in [3.63, 3.8) is 0 Å². The first-order chi connectivity index (χ1) is 6.22. The summed E-state index contributed by atoms with van der Waals surface area (Å²) >= 11 is 0. The minimum Gasteiger partial charge on any atom is -0.325 e. The summed E-state index contributed by atoms with van der Waals surface area (Å²) in [6.45, 7) is 3.64. The van der Waals surface area contributed by atoms with Crippen LogP contribution in [0, 0.1) is 0 Å². The number of aromatic nitrogens is 2. The normalized spacial score (nSPS) is 18.5. The highest BCUT2D eigenvalue weighted by Crippen LogP contribution is 2.36. The van der Waals surface area contributed by atoms with Gasteiger partial charge in [-0.25, -0.2) is 4.68 Å². The van der Waals surface area contributed by atoms with Crippen molar-refractivity contribution in [1.82, 2.24) is 9.78 Å². The zero-order valence-corrected chi connectivity index (χ0v) is 7.74. The van der Waals surface area contributed by atoms with Crippen LogP contribution in [0.3, 0.4) is 0 Å². The predicted molar refractivity (Wildman–Crippen MR) is 53.1 cm³/mol. The fourth-order valence-electron chi connectivity index (χ4n) is 1.41. The van der Waals surface area contributed by atoms with Crippen molar-refractivity contribution in [2.75, 3.05) is 0 Å². The number of aryl methyl sites for hydroxylation is 1. The van der Waals surface area contributed by atoms with E-state index >= 15 is 0 Å². The van der Waals surface area contributed by atoms with E-state index in [0.29, 0.717) is 0 Å². The van der Waals surface area contributed by atoms with Crippen LogP contribution in [0.4, 0.5) is 0 Å². The summed E-state index contributed by atoms with van der Waals surface area (Å²) in [5.41, 5.74) is 7.38. The maximum Gasteiger partial charge on any atom is 0.0525 e. The molecule has 3 heteroatoms. The molecule has 1 aliphatic carbocycles. The Labute approximate surface area is 78.2 Å². The Morgan fingerprint density at radius 1 is 1.69 bits per heavy atom. The van der Waals surface area contributed by atoms with Crippen LogP contribution in [0.1, 0.15) is 24.8 Å². The Hall–Kier alpha value is -1.09. The van der Waals surface area contributed by atoms with Gasteiger partial charge in [-0.2, -0.15) is 5.10 Å². The summed E-state index contributed by atoms with van der Waals surface area (Å²) in [6, 6.07) is 0. The molecule has 0 aromatic carbocycles. The highest BCUT2D eigenvalue weighted by molar-refractivity contribution is 5.18. The summed E-state index contributed by atoms with van der Waals surface area (Å²) in [4.78, 5) is 0. The van der Waals surface area contributed by atoms with Crippen molar-refractivity contribution in [2.45, 2.75) is 31.2 Å².